The van der Waals surface area contributed by atoms with Crippen molar-refractivity contribution in [2.75, 3.05) is 5.75 Å². The fourth-order valence-corrected chi connectivity index (χ4v) is 3.86. The van der Waals surface area contributed by atoms with Gasteiger partial charge in [-0.1, -0.05) is 30.3 Å². The summed E-state index contributed by atoms with van der Waals surface area (Å²) in [7, 11) is -3.77. The Morgan fingerprint density at radius 2 is 1.50 bits per heavy atom. The van der Waals surface area contributed by atoms with Crippen molar-refractivity contribution in [1.82, 2.24) is 0 Å². The van der Waals surface area contributed by atoms with E-state index in [1.54, 1.807) is 30.3 Å². The van der Waals surface area contributed by atoms with Crippen LogP contribution in [0, 0.1) is 0 Å². The van der Waals surface area contributed by atoms with E-state index in [4.69, 9.17) is 11.6 Å². The van der Waals surface area contributed by atoms with E-state index in [0.29, 0.717) is 5.56 Å². The van der Waals surface area contributed by atoms with Crippen LogP contribution in [0.25, 0.3) is 0 Å². The summed E-state index contributed by atoms with van der Waals surface area (Å²) in [5.41, 5.74) is -0.253. The van der Waals surface area contributed by atoms with Crippen LogP contribution in [0.5, 0.6) is 0 Å². The van der Waals surface area contributed by atoms with Gasteiger partial charge >= 0.3 is 6.18 Å². The third-order valence-electron chi connectivity index (χ3n) is 3.07. The van der Waals surface area contributed by atoms with Gasteiger partial charge in [0, 0.05) is 0 Å². The minimum Gasteiger partial charge on any atom is -0.224 e. The van der Waals surface area contributed by atoms with E-state index in [2.05, 4.69) is 0 Å². The molecule has 0 aliphatic carbocycles. The second kappa shape index (κ2) is 6.30. The lowest BCUT2D eigenvalue weighted by molar-refractivity contribution is -0.137. The van der Waals surface area contributed by atoms with Gasteiger partial charge in [0.05, 0.1) is 21.6 Å². The molecule has 7 heteroatoms. The average Bonchev–Trinajstić information content (AvgIpc) is 2.47. The lowest BCUT2D eigenvalue weighted by Crippen LogP contribution is -2.12. The van der Waals surface area contributed by atoms with Crippen LogP contribution in [0.2, 0.25) is 0 Å². The van der Waals surface area contributed by atoms with Crippen LogP contribution in [-0.2, 0) is 16.0 Å². The summed E-state index contributed by atoms with van der Waals surface area (Å²) in [6, 6.07) is 12.0. The van der Waals surface area contributed by atoms with Gasteiger partial charge in [0.1, 0.15) is 0 Å². The lowest BCUT2D eigenvalue weighted by Gasteiger charge is -2.12. The summed E-state index contributed by atoms with van der Waals surface area (Å²) < 4.78 is 61.9. The first-order chi connectivity index (χ1) is 10.2. The van der Waals surface area contributed by atoms with Gasteiger partial charge < -0.3 is 0 Å². The lowest BCUT2D eigenvalue weighted by atomic mass is 10.2. The number of sulfone groups is 1. The molecule has 0 radical (unpaired) electrons. The fourth-order valence-electron chi connectivity index (χ4n) is 1.90. The van der Waals surface area contributed by atoms with Gasteiger partial charge in [0.15, 0.2) is 9.84 Å². The van der Waals surface area contributed by atoms with E-state index < -0.39 is 27.0 Å². The molecule has 22 heavy (non-hydrogen) atoms. The predicted molar refractivity (Wildman–Crippen MR) is 78.5 cm³/mol. The Kier molecular flexibility index (Phi) is 4.82. The summed E-state index contributed by atoms with van der Waals surface area (Å²) in [6.45, 7) is 0. The van der Waals surface area contributed by atoms with Crippen molar-refractivity contribution in [3.05, 3.63) is 65.7 Å². The molecule has 0 aromatic heterocycles. The van der Waals surface area contributed by atoms with Crippen molar-refractivity contribution in [2.45, 2.75) is 16.4 Å². The molecule has 0 amide bonds. The van der Waals surface area contributed by atoms with Crippen molar-refractivity contribution in [3.8, 4) is 0 Å². The van der Waals surface area contributed by atoms with Crippen LogP contribution < -0.4 is 0 Å². The summed E-state index contributed by atoms with van der Waals surface area (Å²) in [5.74, 6) is -0.385. The molecule has 0 aliphatic heterocycles. The topological polar surface area (TPSA) is 34.1 Å². The van der Waals surface area contributed by atoms with Crippen molar-refractivity contribution in [3.63, 3.8) is 0 Å². The molecule has 118 valence electrons. The Morgan fingerprint density at radius 3 is 2.00 bits per heavy atom. The number of hydrogen-bond acceptors (Lipinski definition) is 2. The van der Waals surface area contributed by atoms with Crippen LogP contribution >= 0.6 is 11.6 Å². The van der Waals surface area contributed by atoms with Gasteiger partial charge in [-0.25, -0.2) is 8.42 Å². The first-order valence-electron chi connectivity index (χ1n) is 6.29. The maximum Gasteiger partial charge on any atom is 0.416 e. The molecule has 2 aromatic rings. The predicted octanol–water partition coefficient (Wildman–Crippen LogP) is 4.46. The number of rotatable bonds is 4. The van der Waals surface area contributed by atoms with Crippen LogP contribution in [0.1, 0.15) is 16.5 Å². The SMILES string of the molecule is O=S(=O)(CC(Cl)c1ccccc1)c1ccc(C(F)(F)F)cc1. The molecule has 0 saturated heterocycles. The number of alkyl halides is 4. The molecule has 2 aromatic carbocycles. The highest BCUT2D eigenvalue weighted by atomic mass is 35.5. The molecule has 1 unspecified atom stereocenters. The maximum atomic E-state index is 12.5. The number of halogens is 4. The number of hydrogen-bond donors (Lipinski definition) is 0. The van der Waals surface area contributed by atoms with E-state index >= 15 is 0 Å². The van der Waals surface area contributed by atoms with Gasteiger partial charge in [-0.05, 0) is 29.8 Å². The van der Waals surface area contributed by atoms with E-state index in [9.17, 15) is 21.6 Å². The molecule has 0 bridgehead atoms. The first-order valence-corrected chi connectivity index (χ1v) is 8.38. The third-order valence-corrected chi connectivity index (χ3v) is 5.42. The molecular formula is C15H12ClF3O2S. The Bertz CT molecular complexity index is 726. The molecule has 1 atom stereocenters. The summed E-state index contributed by atoms with van der Waals surface area (Å²) in [6.07, 6.45) is -4.50. The fraction of sp³-hybridized carbons (Fsp3) is 0.200. The van der Waals surface area contributed by atoms with Gasteiger partial charge in [-0.15, -0.1) is 11.6 Å². The minimum absolute atomic E-state index is 0.179. The molecule has 0 spiro atoms. The van der Waals surface area contributed by atoms with Gasteiger partial charge in [-0.3, -0.25) is 0 Å². The first kappa shape index (κ1) is 16.8. The largest absolute Gasteiger partial charge is 0.416 e. The molecular weight excluding hydrogens is 337 g/mol. The zero-order valence-corrected chi connectivity index (χ0v) is 12.8. The number of benzene rings is 2. The van der Waals surface area contributed by atoms with Crippen LogP contribution in [0.4, 0.5) is 13.2 Å². The molecule has 0 heterocycles. The van der Waals surface area contributed by atoms with Crippen molar-refractivity contribution in [1.29, 1.82) is 0 Å². The molecule has 0 N–H and O–H groups in total. The van der Waals surface area contributed by atoms with Crippen molar-refractivity contribution in [2.24, 2.45) is 0 Å². The summed E-state index contributed by atoms with van der Waals surface area (Å²) >= 11 is 6.09. The summed E-state index contributed by atoms with van der Waals surface area (Å²) in [4.78, 5) is -0.179. The average molecular weight is 349 g/mol. The van der Waals surface area contributed by atoms with E-state index in [1.807, 2.05) is 0 Å². The van der Waals surface area contributed by atoms with Crippen molar-refractivity contribution < 1.29 is 21.6 Å². The Balaban J connectivity index is 2.20. The molecule has 2 rings (SSSR count). The van der Waals surface area contributed by atoms with E-state index in [0.717, 1.165) is 24.3 Å². The smallest absolute Gasteiger partial charge is 0.224 e. The second-order valence-corrected chi connectivity index (χ2v) is 7.24. The van der Waals surface area contributed by atoms with Crippen LogP contribution in [-0.4, -0.2) is 14.2 Å². The zero-order valence-electron chi connectivity index (χ0n) is 11.2. The highest BCUT2D eigenvalue weighted by Gasteiger charge is 2.31. The molecule has 0 fully saturated rings. The van der Waals surface area contributed by atoms with Gasteiger partial charge in [-0.2, -0.15) is 13.2 Å². The summed E-state index contributed by atoms with van der Waals surface area (Å²) in [5, 5.41) is -0.770. The Labute approximate surface area is 131 Å². The normalized spacial score (nSPS) is 13.8. The van der Waals surface area contributed by atoms with Crippen LogP contribution in [0.3, 0.4) is 0 Å². The highest BCUT2D eigenvalue weighted by Crippen LogP contribution is 2.31. The van der Waals surface area contributed by atoms with Gasteiger partial charge in [0.2, 0.25) is 0 Å². The standard InChI is InChI=1S/C15H12ClF3O2S/c16-14(11-4-2-1-3-5-11)10-22(20,21)13-8-6-12(7-9-13)15(17,18)19/h1-9,14H,10H2. The van der Waals surface area contributed by atoms with Crippen LogP contribution in [0.15, 0.2) is 59.5 Å². The maximum absolute atomic E-state index is 12.5. The van der Waals surface area contributed by atoms with E-state index in [-0.39, 0.29) is 10.6 Å². The Morgan fingerprint density at radius 1 is 0.955 bits per heavy atom. The molecule has 0 saturated carbocycles. The third kappa shape index (κ3) is 4.01. The quantitative estimate of drug-likeness (QED) is 0.764. The second-order valence-electron chi connectivity index (χ2n) is 4.68. The zero-order chi connectivity index (χ0) is 16.4. The molecule has 0 aliphatic rings. The van der Waals surface area contributed by atoms with E-state index in [1.165, 1.54) is 0 Å². The van der Waals surface area contributed by atoms with Gasteiger partial charge in [0.25, 0.3) is 0 Å². The monoisotopic (exact) mass is 348 g/mol. The molecule has 2 nitrogen and oxygen atoms in total. The highest BCUT2D eigenvalue weighted by molar-refractivity contribution is 7.91. The van der Waals surface area contributed by atoms with Crippen molar-refractivity contribution >= 4 is 21.4 Å². The Hall–Kier alpha value is -1.53. The minimum atomic E-state index is -4.50.